The number of aliphatic hydroxyl groups is 6. The van der Waals surface area contributed by atoms with Crippen LogP contribution in [0.4, 0.5) is 0 Å². The molecule has 0 saturated carbocycles. The van der Waals surface area contributed by atoms with Crippen LogP contribution in [0.1, 0.15) is 58.5 Å². The fraction of sp³-hybridized carbons (Fsp3) is 0.529. The molecule has 2 aromatic heterocycles. The molecular formula is C51H72N12O12S2. The number of amides is 2. The van der Waals surface area contributed by atoms with Crippen molar-refractivity contribution in [3.8, 4) is 0 Å². The molecule has 2 aliphatic heterocycles. The molecule has 2 amide bonds. The first-order chi connectivity index (χ1) is 36.4. The van der Waals surface area contributed by atoms with E-state index in [9.17, 15) is 49.8 Å². The molecule has 13 atom stereocenters. The van der Waals surface area contributed by atoms with Gasteiger partial charge in [-0.3, -0.25) is 49.3 Å². The summed E-state index contributed by atoms with van der Waals surface area (Å²) >= 11 is 2.49. The minimum Gasteiger partial charge on any atom is -0.462 e. The number of carbonyl (C=O) groups excluding carboxylic acids is 4. The standard InChI is InChI=1S/C51H72N12O12S2/c1-25(2)38-49(72)74-22-36(59-42(65)34-21-53-30-17-13-15-19-32(30)57-34)44(67)55-28(6)46(69)63(10)40-48(71)62(9)39(26(3)4)50(73)75-23-35(58-41(64)33-20-52-29-16-12-14-18-31(29)56-33)43(66)54-27(5)45(68)60(7)37(47(70)61(38)8)24-77-51(40)76-11/h12-21,23,25-26,28,36-42,45-48,51,58-59,64-65,68-71H,5,22,24H2,1-4,6-11H3,(H,54,66)(H,55,67)/b35-23+/t28-,36+,37-,38?,39-,40+,41+,42+,45+,46+,47-,48-,51+/m0/s1. The van der Waals surface area contributed by atoms with Crippen molar-refractivity contribution in [1.29, 1.82) is 0 Å². The highest BCUT2D eigenvalue weighted by molar-refractivity contribution is 8.16. The fourth-order valence-corrected chi connectivity index (χ4v) is 12.0. The Labute approximate surface area is 455 Å². The summed E-state index contributed by atoms with van der Waals surface area (Å²) in [4.78, 5) is 80.4. The number of esters is 2. The van der Waals surface area contributed by atoms with Gasteiger partial charge in [-0.2, -0.15) is 0 Å². The van der Waals surface area contributed by atoms with Crippen LogP contribution in [-0.2, 0) is 28.7 Å². The zero-order chi connectivity index (χ0) is 56.6. The number of nitrogens with zero attached hydrogens (tertiary/aromatic N) is 8. The molecule has 0 aliphatic carbocycles. The maximum Gasteiger partial charge on any atom is 0.328 e. The van der Waals surface area contributed by atoms with Crippen molar-refractivity contribution in [3.05, 3.63) is 96.5 Å². The van der Waals surface area contributed by atoms with Crippen LogP contribution < -0.4 is 21.3 Å². The molecule has 1 fully saturated rings. The average Bonchev–Trinajstić information content (AvgIpc) is 3.40. The molecule has 26 heteroatoms. The number of ether oxygens (including phenoxy) is 2. The number of fused-ring (bicyclic) bond motifs is 6. The third kappa shape index (κ3) is 14.4. The van der Waals surface area contributed by atoms with E-state index in [2.05, 4.69) is 47.8 Å². The molecule has 2 aromatic carbocycles. The summed E-state index contributed by atoms with van der Waals surface area (Å²) in [7, 11) is 5.95. The van der Waals surface area contributed by atoms with E-state index in [-0.39, 0.29) is 22.8 Å². The maximum atomic E-state index is 14.4. The van der Waals surface area contributed by atoms with E-state index in [0.29, 0.717) is 22.1 Å². The summed E-state index contributed by atoms with van der Waals surface area (Å²) in [6, 6.07) is 6.58. The molecule has 0 radical (unpaired) electrons. The molecule has 6 rings (SSSR count). The molecule has 2 aliphatic rings. The zero-order valence-electron chi connectivity index (χ0n) is 44.7. The van der Waals surface area contributed by atoms with E-state index in [1.165, 1.54) is 90.6 Å². The van der Waals surface area contributed by atoms with Crippen LogP contribution in [-0.4, -0.2) is 206 Å². The van der Waals surface area contributed by atoms with Gasteiger partial charge in [0.1, 0.15) is 79.2 Å². The van der Waals surface area contributed by atoms with Gasteiger partial charge < -0.3 is 56.1 Å². The van der Waals surface area contributed by atoms with E-state index in [0.717, 1.165) is 6.26 Å². The first-order valence-electron chi connectivity index (χ1n) is 24.9. The van der Waals surface area contributed by atoms with E-state index in [1.807, 2.05) is 0 Å². The molecule has 4 heterocycles. The number of benzene rings is 2. The molecular weight excluding hydrogens is 1040 g/mol. The normalized spacial score (nSPS) is 29.8. The number of aliphatic hydroxyl groups excluding tert-OH is 6. The Morgan fingerprint density at radius 2 is 1.29 bits per heavy atom. The summed E-state index contributed by atoms with van der Waals surface area (Å²) in [6.07, 6.45) is -4.71. The number of rotatable bonds is 9. The van der Waals surface area contributed by atoms with Crippen LogP contribution in [0.15, 0.2) is 85.2 Å². The lowest BCUT2D eigenvalue weighted by Gasteiger charge is -2.46. The van der Waals surface area contributed by atoms with Crippen molar-refractivity contribution >= 4 is 69.3 Å². The predicted molar refractivity (Wildman–Crippen MR) is 289 cm³/mol. The van der Waals surface area contributed by atoms with Gasteiger partial charge in [-0.25, -0.2) is 14.8 Å². The SMILES string of the molecule is C=C1NC(=O)/C(N[C@H](O)c2cnc3ccccc3n2)=C\OC(=O)[C@H](C(C)C)N(C)[C@@H](O)[C@@H]2[C@H](SC)SC[C@@H]([C@H](O)N(C)C(C(C)C)C(=O)OC[C@@H](N[C@H](O)c3cnc4ccccc4n3)C(=O)N[C@@H](C)[C@@H](O)N2C)N(C)[C@@H]1O. The highest BCUT2D eigenvalue weighted by Crippen LogP contribution is 2.35. The number of hydrogen-bond donors (Lipinski definition) is 10. The van der Waals surface area contributed by atoms with Crippen molar-refractivity contribution in [1.82, 2.24) is 60.8 Å². The fourth-order valence-electron chi connectivity index (χ4n) is 9.24. The molecule has 0 spiro atoms. The highest BCUT2D eigenvalue weighted by atomic mass is 32.2. The number of para-hydroxylation sites is 4. The number of thioether (sulfide) groups is 2. The number of nitrogens with one attached hydrogen (secondary N) is 4. The Morgan fingerprint density at radius 1 is 0.753 bits per heavy atom. The number of cyclic esters (lactones) is 2. The van der Waals surface area contributed by atoms with Gasteiger partial charge in [0.2, 0.25) is 5.91 Å². The van der Waals surface area contributed by atoms with Gasteiger partial charge in [-0.15, -0.1) is 23.5 Å². The molecule has 24 nitrogen and oxygen atoms in total. The number of carbonyl (C=O) groups is 4. The van der Waals surface area contributed by atoms with Gasteiger partial charge in [-0.05, 0) is 77.5 Å². The van der Waals surface area contributed by atoms with Crippen LogP contribution in [0, 0.1) is 11.8 Å². The average molecular weight is 1110 g/mol. The van der Waals surface area contributed by atoms with Crippen LogP contribution in [0.25, 0.3) is 22.1 Å². The van der Waals surface area contributed by atoms with Gasteiger partial charge in [0.15, 0.2) is 6.23 Å². The molecule has 2 bridgehead atoms. The first-order valence-corrected chi connectivity index (χ1v) is 27.2. The Kier molecular flexibility index (Phi) is 21.3. The predicted octanol–water partition coefficient (Wildman–Crippen LogP) is 0.102. The second kappa shape index (κ2) is 26.9. The van der Waals surface area contributed by atoms with Crippen LogP contribution >= 0.6 is 23.5 Å². The van der Waals surface area contributed by atoms with E-state index < -0.39 is 126 Å². The van der Waals surface area contributed by atoms with Crippen molar-refractivity contribution in [2.45, 2.75) is 113 Å². The van der Waals surface area contributed by atoms with Gasteiger partial charge >= 0.3 is 11.9 Å². The highest BCUT2D eigenvalue weighted by Gasteiger charge is 2.45. The quantitative estimate of drug-likeness (QED) is 0.0785. The van der Waals surface area contributed by atoms with Crippen molar-refractivity contribution in [2.75, 3.05) is 46.8 Å². The summed E-state index contributed by atoms with van der Waals surface area (Å²) in [6.45, 7) is 11.7. The monoisotopic (exact) mass is 1110 g/mol. The molecule has 4 aromatic rings. The maximum absolute atomic E-state index is 14.4. The third-order valence-electron chi connectivity index (χ3n) is 13.6. The van der Waals surface area contributed by atoms with Crippen LogP contribution in [0.3, 0.4) is 0 Å². The summed E-state index contributed by atoms with van der Waals surface area (Å²) in [5.74, 6) is -4.79. The molecule has 1 unspecified atom stereocenters. The van der Waals surface area contributed by atoms with E-state index in [1.54, 1.807) is 82.5 Å². The van der Waals surface area contributed by atoms with Crippen molar-refractivity contribution < 1.29 is 59.3 Å². The number of aromatic nitrogens is 4. The summed E-state index contributed by atoms with van der Waals surface area (Å²) in [5.41, 5.74) is 1.22. The van der Waals surface area contributed by atoms with Gasteiger partial charge in [0.25, 0.3) is 5.91 Å². The minimum atomic E-state index is -1.76. The summed E-state index contributed by atoms with van der Waals surface area (Å²) in [5, 5.41) is 83.0. The van der Waals surface area contributed by atoms with E-state index in [4.69, 9.17) is 9.47 Å². The van der Waals surface area contributed by atoms with E-state index >= 15 is 0 Å². The molecule has 77 heavy (non-hydrogen) atoms. The second-order valence-corrected chi connectivity index (χ2v) is 22.2. The van der Waals surface area contributed by atoms with Crippen LogP contribution in [0.5, 0.6) is 0 Å². The zero-order valence-corrected chi connectivity index (χ0v) is 46.3. The van der Waals surface area contributed by atoms with Crippen molar-refractivity contribution in [2.24, 2.45) is 11.8 Å². The van der Waals surface area contributed by atoms with Gasteiger partial charge in [0.05, 0.1) is 62.9 Å². The number of hydrogen-bond acceptors (Lipinski definition) is 24. The largest absolute Gasteiger partial charge is 0.462 e. The summed E-state index contributed by atoms with van der Waals surface area (Å²) < 4.78 is 10.8. The van der Waals surface area contributed by atoms with Crippen molar-refractivity contribution in [3.63, 3.8) is 0 Å². The molecule has 1 saturated heterocycles. The first kappa shape index (κ1) is 60.8. The Balaban J connectivity index is 1.44. The van der Waals surface area contributed by atoms with Gasteiger partial charge in [0, 0.05) is 5.75 Å². The Morgan fingerprint density at radius 3 is 1.84 bits per heavy atom. The lowest BCUT2D eigenvalue weighted by atomic mass is 10.0. The third-order valence-corrected chi connectivity index (χ3v) is 16.5. The topological polar surface area (TPSA) is 321 Å². The lowest BCUT2D eigenvalue weighted by molar-refractivity contribution is -0.162. The minimum absolute atomic E-state index is 0.00111. The lowest BCUT2D eigenvalue weighted by Crippen LogP contribution is -2.63. The smallest absolute Gasteiger partial charge is 0.328 e. The number of likely N-dealkylation sites (N-methyl/N-ethyl adjacent to an activating group) is 4. The Bertz CT molecular complexity index is 2750. The Hall–Kier alpha value is -5.46. The molecule has 420 valence electrons. The van der Waals surface area contributed by atoms with Crippen LogP contribution in [0.2, 0.25) is 0 Å². The molecule has 10 N–H and O–H groups in total. The second-order valence-electron chi connectivity index (χ2n) is 19.8. The van der Waals surface area contributed by atoms with Gasteiger partial charge in [-0.1, -0.05) is 58.5 Å².